The molecule has 6 heterocycles. The van der Waals surface area contributed by atoms with Crippen molar-refractivity contribution in [1.82, 2.24) is 10.2 Å². The maximum absolute atomic E-state index is 10.9. The summed E-state index contributed by atoms with van der Waals surface area (Å²) < 4.78 is 26.2. The molecule has 8 heteroatoms. The third-order valence-corrected chi connectivity index (χ3v) is 10.8. The summed E-state index contributed by atoms with van der Waals surface area (Å²) in [5.41, 5.74) is 1.95. The lowest BCUT2D eigenvalue weighted by molar-refractivity contribution is -0.109. The average molecular weight is 741 g/mol. The number of carbonyl (C=O) groups is 1. The third kappa shape index (κ3) is 19.1. The van der Waals surface area contributed by atoms with Crippen LogP contribution >= 0.6 is 0 Å². The Labute approximate surface area is 322 Å². The van der Waals surface area contributed by atoms with Crippen LogP contribution in [0.15, 0.2) is 0 Å². The van der Waals surface area contributed by atoms with E-state index >= 15 is 0 Å². The smallest absolute Gasteiger partial charge is 0.410 e. The summed E-state index contributed by atoms with van der Waals surface area (Å²) in [4.78, 5) is 12.7. The van der Waals surface area contributed by atoms with Gasteiger partial charge in [-0.2, -0.15) is 0 Å². The quantitative estimate of drug-likeness (QED) is 0.265. The number of rotatable bonds is 0. The number of nitrogens with zero attached hydrogens (tertiary/aromatic N) is 1. The van der Waals surface area contributed by atoms with Gasteiger partial charge in [0.2, 0.25) is 0 Å². The van der Waals surface area contributed by atoms with Crippen molar-refractivity contribution in [1.29, 1.82) is 0 Å². The fourth-order valence-electron chi connectivity index (χ4n) is 6.35. The fraction of sp³-hybridized carbons (Fsp3) is 0.977. The molecule has 0 saturated carbocycles. The van der Waals surface area contributed by atoms with Crippen LogP contribution in [0.4, 0.5) is 4.79 Å². The van der Waals surface area contributed by atoms with Gasteiger partial charge in [0.25, 0.3) is 0 Å². The molecule has 6 aliphatic rings. The second-order valence-electron chi connectivity index (χ2n) is 21.9. The van der Waals surface area contributed by atoms with Crippen LogP contribution in [0, 0.1) is 33.0 Å². The van der Waals surface area contributed by atoms with E-state index in [4.69, 9.17) is 23.7 Å². The molecule has 6 fully saturated rings. The van der Waals surface area contributed by atoms with Crippen molar-refractivity contribution >= 4 is 6.09 Å². The van der Waals surface area contributed by atoms with Crippen LogP contribution in [-0.2, 0) is 23.7 Å². The topological polar surface area (TPSA) is 78.5 Å². The lowest BCUT2D eigenvalue weighted by atomic mass is 9.80. The van der Waals surface area contributed by atoms with Crippen molar-refractivity contribution < 1.29 is 28.5 Å². The van der Waals surface area contributed by atoms with Crippen molar-refractivity contribution in [3.8, 4) is 0 Å². The number of nitrogens with one attached hydrogen (secondary N) is 1. The van der Waals surface area contributed by atoms with Gasteiger partial charge in [0, 0.05) is 44.6 Å². The van der Waals surface area contributed by atoms with Crippen LogP contribution in [0.25, 0.3) is 0 Å². The second kappa shape index (κ2) is 20.8. The van der Waals surface area contributed by atoms with E-state index in [-0.39, 0.29) is 11.6 Å². The Bertz CT molecular complexity index is 882. The zero-order chi connectivity index (χ0) is 40.2. The molecule has 8 nitrogen and oxygen atoms in total. The van der Waals surface area contributed by atoms with Crippen molar-refractivity contribution in [3.05, 3.63) is 0 Å². The zero-order valence-electron chi connectivity index (χ0n) is 37.7. The van der Waals surface area contributed by atoms with E-state index in [1.54, 1.807) is 4.90 Å². The zero-order valence-corrected chi connectivity index (χ0v) is 37.7. The largest absolute Gasteiger partial charge is 0.448 e. The molecule has 5 atom stereocenters. The van der Waals surface area contributed by atoms with Crippen LogP contribution in [0.5, 0.6) is 0 Å². The van der Waals surface area contributed by atoms with Gasteiger partial charge in [0.1, 0.15) is 6.61 Å². The predicted octanol–water partition coefficient (Wildman–Crippen LogP) is 10.6. The molecule has 6 aliphatic heterocycles. The molecule has 310 valence electrons. The Morgan fingerprint density at radius 3 is 1.10 bits per heavy atom. The van der Waals surface area contributed by atoms with Crippen LogP contribution in [0.2, 0.25) is 0 Å². The summed E-state index contributed by atoms with van der Waals surface area (Å²) in [6.07, 6.45) is 9.01. The minimum Gasteiger partial charge on any atom is -0.448 e. The highest BCUT2D eigenvalue weighted by Gasteiger charge is 2.33. The fourth-order valence-corrected chi connectivity index (χ4v) is 6.35. The maximum Gasteiger partial charge on any atom is 0.410 e. The monoisotopic (exact) mass is 741 g/mol. The van der Waals surface area contributed by atoms with Crippen LogP contribution < -0.4 is 5.32 Å². The molecular weight excluding hydrogens is 652 g/mol. The highest BCUT2D eigenvalue weighted by atomic mass is 16.6. The molecule has 0 aromatic rings. The van der Waals surface area contributed by atoms with Crippen molar-refractivity contribution in [2.45, 2.75) is 193 Å². The SMILES string of the molecule is CC(C)(C)N1CCOC1=O.CC(C)(C)[C@@H]1CCCO1.CC(C)(C)[C@@H]1CCN1.CC(C)(C)[C@@H]1CCO1.CC(C)(C)[C@@H]1CCOC1.CC(C)(C)[C@H]1CCO1. The molecule has 6 saturated heterocycles. The van der Waals surface area contributed by atoms with Crippen LogP contribution in [0.1, 0.15) is 163 Å². The van der Waals surface area contributed by atoms with E-state index in [0.29, 0.717) is 52.0 Å². The van der Waals surface area contributed by atoms with Gasteiger partial charge >= 0.3 is 6.09 Å². The third-order valence-electron chi connectivity index (χ3n) is 10.8. The van der Waals surface area contributed by atoms with Crippen molar-refractivity contribution in [3.63, 3.8) is 0 Å². The van der Waals surface area contributed by atoms with Gasteiger partial charge in [-0.1, -0.05) is 104 Å². The Morgan fingerprint density at radius 1 is 0.538 bits per heavy atom. The van der Waals surface area contributed by atoms with Gasteiger partial charge in [-0.05, 0) is 98.8 Å². The molecule has 1 N–H and O–H groups in total. The Hall–Kier alpha value is -0.930. The first kappa shape index (κ1) is 49.1. The Balaban J connectivity index is 0.000000313. The first-order valence-corrected chi connectivity index (χ1v) is 20.6. The lowest BCUT2D eigenvalue weighted by Crippen LogP contribution is -2.50. The highest BCUT2D eigenvalue weighted by Crippen LogP contribution is 2.33. The van der Waals surface area contributed by atoms with Crippen LogP contribution in [0.3, 0.4) is 0 Å². The summed E-state index contributed by atoms with van der Waals surface area (Å²) >= 11 is 0. The molecule has 0 bridgehead atoms. The molecular formula is C44H88N2O6. The predicted molar refractivity (Wildman–Crippen MR) is 218 cm³/mol. The average Bonchev–Trinajstić information content (AvgIpc) is 3.61. The number of carbonyl (C=O) groups excluding carboxylic acids is 1. The highest BCUT2D eigenvalue weighted by molar-refractivity contribution is 5.70. The van der Waals surface area contributed by atoms with Crippen LogP contribution in [-0.4, -0.2) is 93.6 Å². The normalized spacial score (nSPS) is 27.5. The van der Waals surface area contributed by atoms with E-state index in [0.717, 1.165) is 51.5 Å². The summed E-state index contributed by atoms with van der Waals surface area (Å²) in [6, 6.07) is 0.780. The number of ether oxygens (including phenoxy) is 5. The maximum atomic E-state index is 10.9. The molecule has 52 heavy (non-hydrogen) atoms. The van der Waals surface area contributed by atoms with E-state index in [1.807, 2.05) is 20.8 Å². The van der Waals surface area contributed by atoms with Gasteiger partial charge in [-0.15, -0.1) is 0 Å². The van der Waals surface area contributed by atoms with E-state index in [2.05, 4.69) is 109 Å². The van der Waals surface area contributed by atoms with E-state index in [1.165, 1.54) is 45.1 Å². The molecule has 6 rings (SSSR count). The van der Waals surface area contributed by atoms with E-state index < -0.39 is 0 Å². The summed E-state index contributed by atoms with van der Waals surface area (Å²) in [7, 11) is 0. The minimum atomic E-state index is -0.187. The first-order valence-electron chi connectivity index (χ1n) is 20.6. The summed E-state index contributed by atoms with van der Waals surface area (Å²) in [5.74, 6) is 0.789. The summed E-state index contributed by atoms with van der Waals surface area (Å²) in [6.45, 7) is 47.1. The number of cyclic esters (lactones) is 1. The Morgan fingerprint density at radius 2 is 0.981 bits per heavy atom. The number of amides is 1. The van der Waals surface area contributed by atoms with Gasteiger partial charge in [0.15, 0.2) is 0 Å². The standard InChI is InChI=1S/2C8H16O.C7H13NO2.C7H15N.2C7H14O/c1-8(2,3)7-4-5-9-6-7;1-8(2,3)7-5-4-6-9-7;1-7(2,3)8-4-5-10-6(8)9;3*1-7(2,3)6-4-5-8-6/h2*7H,4-6H2,1-3H3;4-5H2,1-3H3;6,8H,4-5H2,1-3H3;2*6H,4-5H2,1-3H3/t2*7-;;3*6-/m10.010/s1. The molecule has 0 aromatic carbocycles. The molecule has 0 spiro atoms. The van der Waals surface area contributed by atoms with Crippen molar-refractivity contribution in [2.24, 2.45) is 33.0 Å². The minimum absolute atomic E-state index is 0.0897. The molecule has 0 aromatic heterocycles. The van der Waals surface area contributed by atoms with Gasteiger partial charge in [-0.25, -0.2) is 4.79 Å². The molecule has 0 unspecified atom stereocenters. The number of hydrogen-bond acceptors (Lipinski definition) is 7. The second-order valence-corrected chi connectivity index (χ2v) is 21.9. The van der Waals surface area contributed by atoms with Gasteiger partial charge in [-0.3, -0.25) is 4.90 Å². The van der Waals surface area contributed by atoms with E-state index in [9.17, 15) is 4.79 Å². The number of hydrogen-bond donors (Lipinski definition) is 1. The van der Waals surface area contributed by atoms with Crippen molar-refractivity contribution in [2.75, 3.05) is 52.7 Å². The molecule has 1 amide bonds. The molecule has 0 aliphatic carbocycles. The first-order chi connectivity index (χ1) is 23.5. The van der Waals surface area contributed by atoms with Gasteiger partial charge < -0.3 is 29.0 Å². The van der Waals surface area contributed by atoms with Gasteiger partial charge in [0.05, 0.1) is 24.9 Å². The summed E-state index contributed by atoms with van der Waals surface area (Å²) in [5, 5.41) is 3.39. The Kier molecular flexibility index (Phi) is 19.7. The molecule has 0 radical (unpaired) electrons. The lowest BCUT2D eigenvalue weighted by Gasteiger charge is -2.38.